The number of nitrogens with zero attached hydrogens (tertiary/aromatic N) is 4. The summed E-state index contributed by atoms with van der Waals surface area (Å²) in [5.41, 5.74) is 7.26. The minimum atomic E-state index is -0.310. The molecule has 0 unspecified atom stereocenters. The van der Waals surface area contributed by atoms with E-state index in [4.69, 9.17) is 4.98 Å². The highest BCUT2D eigenvalue weighted by Crippen LogP contribution is 2.28. The summed E-state index contributed by atoms with van der Waals surface area (Å²) in [4.78, 5) is 36.4. The van der Waals surface area contributed by atoms with Gasteiger partial charge in [-0.05, 0) is 50.6 Å². The van der Waals surface area contributed by atoms with Crippen LogP contribution in [0.15, 0.2) is 64.8 Å². The molecule has 3 aromatic heterocycles. The molecule has 0 aliphatic carbocycles. The van der Waals surface area contributed by atoms with Crippen LogP contribution in [-0.4, -0.2) is 30.9 Å². The van der Waals surface area contributed by atoms with Gasteiger partial charge in [0.2, 0.25) is 5.91 Å². The van der Waals surface area contributed by atoms with Crippen LogP contribution in [0.3, 0.4) is 0 Å². The van der Waals surface area contributed by atoms with E-state index in [1.807, 2.05) is 61.7 Å². The van der Waals surface area contributed by atoms with E-state index in [0.29, 0.717) is 15.4 Å². The standard InChI is InChI=1S/C24H21N5O2S2/c1-14-8-10-17(11-9-14)29-19-7-5-4-6-18(19)26-24(29)32-12-20(30)27-28-13-25-22-21(23(28)31)15(2)16(3)33-22/h4-11,13H,12H2,1-3H3,(H,27,30). The second kappa shape index (κ2) is 8.49. The molecular formula is C24H21N5O2S2. The first-order valence-electron chi connectivity index (χ1n) is 10.4. The zero-order chi connectivity index (χ0) is 23.1. The van der Waals surface area contributed by atoms with Gasteiger partial charge in [-0.15, -0.1) is 11.3 Å². The van der Waals surface area contributed by atoms with Gasteiger partial charge in [0.05, 0.1) is 22.2 Å². The van der Waals surface area contributed by atoms with Gasteiger partial charge < -0.3 is 0 Å². The monoisotopic (exact) mass is 475 g/mol. The van der Waals surface area contributed by atoms with Crippen LogP contribution in [0.5, 0.6) is 0 Å². The van der Waals surface area contributed by atoms with E-state index in [1.54, 1.807) is 0 Å². The number of imidazole rings is 1. The fourth-order valence-corrected chi connectivity index (χ4v) is 5.46. The van der Waals surface area contributed by atoms with E-state index in [9.17, 15) is 9.59 Å². The molecular weight excluding hydrogens is 454 g/mol. The number of fused-ring (bicyclic) bond motifs is 2. The molecule has 0 bridgehead atoms. The Balaban J connectivity index is 1.41. The topological polar surface area (TPSA) is 81.8 Å². The number of rotatable bonds is 5. The highest BCUT2D eigenvalue weighted by atomic mass is 32.2. The maximum Gasteiger partial charge on any atom is 0.281 e. The molecule has 0 spiro atoms. The zero-order valence-electron chi connectivity index (χ0n) is 18.3. The van der Waals surface area contributed by atoms with Crippen LogP contribution in [0.1, 0.15) is 16.0 Å². The number of carbonyl (C=O) groups is 1. The summed E-state index contributed by atoms with van der Waals surface area (Å²) in [7, 11) is 0. The van der Waals surface area contributed by atoms with Crippen molar-refractivity contribution in [2.24, 2.45) is 0 Å². The SMILES string of the molecule is Cc1ccc(-n2c(SCC(=O)Nn3cnc4sc(C)c(C)c4c3=O)nc3ccccc32)cc1. The lowest BCUT2D eigenvalue weighted by Gasteiger charge is -2.10. The third-order valence-corrected chi connectivity index (χ3v) is 7.54. The molecule has 7 nitrogen and oxygen atoms in total. The molecule has 0 aliphatic heterocycles. The van der Waals surface area contributed by atoms with Crippen molar-refractivity contribution in [3.8, 4) is 5.69 Å². The Morgan fingerprint density at radius 2 is 1.85 bits per heavy atom. The summed E-state index contributed by atoms with van der Waals surface area (Å²) in [6, 6.07) is 16.1. The van der Waals surface area contributed by atoms with Gasteiger partial charge in [-0.1, -0.05) is 41.6 Å². The Labute approximate surface area is 198 Å². The molecule has 9 heteroatoms. The Bertz CT molecular complexity index is 1560. The molecule has 1 N–H and O–H groups in total. The van der Waals surface area contributed by atoms with Gasteiger partial charge in [0.25, 0.3) is 5.56 Å². The number of thiophene rings is 1. The fourth-order valence-electron chi connectivity index (χ4n) is 3.66. The number of aromatic nitrogens is 4. The van der Waals surface area contributed by atoms with Crippen LogP contribution < -0.4 is 11.0 Å². The Morgan fingerprint density at radius 1 is 1.09 bits per heavy atom. The molecule has 0 atom stereocenters. The van der Waals surface area contributed by atoms with Gasteiger partial charge in [0, 0.05) is 10.6 Å². The number of benzene rings is 2. The summed E-state index contributed by atoms with van der Waals surface area (Å²) in [6.45, 7) is 5.90. The third kappa shape index (κ3) is 3.94. The smallest absolute Gasteiger partial charge is 0.281 e. The number of nitrogens with one attached hydrogen (secondary N) is 1. The predicted molar refractivity (Wildman–Crippen MR) is 134 cm³/mol. The van der Waals surface area contributed by atoms with Crippen LogP contribution in [0, 0.1) is 20.8 Å². The summed E-state index contributed by atoms with van der Waals surface area (Å²) in [6.07, 6.45) is 1.37. The van der Waals surface area contributed by atoms with Gasteiger partial charge in [-0.3, -0.25) is 19.6 Å². The molecule has 0 saturated heterocycles. The van der Waals surface area contributed by atoms with Crippen molar-refractivity contribution < 1.29 is 4.79 Å². The molecule has 0 radical (unpaired) electrons. The van der Waals surface area contributed by atoms with Gasteiger partial charge in [0.15, 0.2) is 5.16 Å². The van der Waals surface area contributed by atoms with Crippen LogP contribution >= 0.6 is 23.1 Å². The maximum absolute atomic E-state index is 12.8. The van der Waals surface area contributed by atoms with Crippen LogP contribution in [0.2, 0.25) is 0 Å². The van der Waals surface area contributed by atoms with Crippen molar-refractivity contribution >= 4 is 50.3 Å². The lowest BCUT2D eigenvalue weighted by atomic mass is 10.2. The number of carbonyl (C=O) groups excluding carboxylic acids is 1. The molecule has 0 aliphatic rings. The van der Waals surface area contributed by atoms with Gasteiger partial charge in [0.1, 0.15) is 11.2 Å². The summed E-state index contributed by atoms with van der Waals surface area (Å²) < 4.78 is 3.21. The minimum absolute atomic E-state index is 0.0985. The Kier molecular flexibility index (Phi) is 5.51. The second-order valence-corrected chi connectivity index (χ2v) is 9.91. The molecule has 3 heterocycles. The van der Waals surface area contributed by atoms with E-state index in [0.717, 1.165) is 31.8 Å². The van der Waals surface area contributed by atoms with Crippen molar-refractivity contribution in [2.75, 3.05) is 11.2 Å². The minimum Gasteiger partial charge on any atom is -0.287 e. The third-order valence-electron chi connectivity index (χ3n) is 5.49. The number of thioether (sulfide) groups is 1. The lowest BCUT2D eigenvalue weighted by molar-refractivity contribution is -0.114. The van der Waals surface area contributed by atoms with Crippen molar-refractivity contribution in [2.45, 2.75) is 25.9 Å². The quantitative estimate of drug-likeness (QED) is 0.376. The number of para-hydroxylation sites is 2. The molecule has 5 aromatic rings. The zero-order valence-corrected chi connectivity index (χ0v) is 20.0. The molecule has 0 fully saturated rings. The maximum atomic E-state index is 12.8. The Hall–Kier alpha value is -3.43. The predicted octanol–water partition coefficient (Wildman–Crippen LogP) is 4.58. The van der Waals surface area contributed by atoms with Crippen LogP contribution in [-0.2, 0) is 4.79 Å². The normalized spacial score (nSPS) is 11.4. The average Bonchev–Trinajstić information content (AvgIpc) is 3.32. The van der Waals surface area contributed by atoms with E-state index in [1.165, 1.54) is 35.0 Å². The van der Waals surface area contributed by atoms with Gasteiger partial charge in [-0.2, -0.15) is 0 Å². The molecule has 166 valence electrons. The Morgan fingerprint density at radius 3 is 2.64 bits per heavy atom. The molecule has 1 amide bonds. The van der Waals surface area contributed by atoms with Gasteiger partial charge >= 0.3 is 0 Å². The highest BCUT2D eigenvalue weighted by Gasteiger charge is 2.16. The number of hydrogen-bond acceptors (Lipinski definition) is 6. The first kappa shape index (κ1) is 21.4. The van der Waals surface area contributed by atoms with Crippen molar-refractivity contribution in [1.82, 2.24) is 19.2 Å². The molecule has 0 saturated carbocycles. The molecule has 2 aromatic carbocycles. The summed E-state index contributed by atoms with van der Waals surface area (Å²) >= 11 is 2.80. The highest BCUT2D eigenvalue weighted by molar-refractivity contribution is 7.99. The largest absolute Gasteiger partial charge is 0.287 e. The number of aryl methyl sites for hydroxylation is 3. The molecule has 5 rings (SSSR count). The average molecular weight is 476 g/mol. The first-order chi connectivity index (χ1) is 15.9. The summed E-state index contributed by atoms with van der Waals surface area (Å²) in [5.74, 6) is -0.211. The van der Waals surface area contributed by atoms with Crippen molar-refractivity contribution in [1.29, 1.82) is 0 Å². The number of hydrogen-bond donors (Lipinski definition) is 1. The second-order valence-electron chi connectivity index (χ2n) is 7.76. The van der Waals surface area contributed by atoms with E-state index >= 15 is 0 Å². The molecule has 33 heavy (non-hydrogen) atoms. The fraction of sp³-hybridized carbons (Fsp3) is 0.167. The summed E-state index contributed by atoms with van der Waals surface area (Å²) in [5, 5.41) is 1.26. The van der Waals surface area contributed by atoms with Crippen molar-refractivity contribution in [3.05, 3.63) is 81.2 Å². The van der Waals surface area contributed by atoms with Crippen LogP contribution in [0.4, 0.5) is 0 Å². The van der Waals surface area contributed by atoms with E-state index < -0.39 is 0 Å². The van der Waals surface area contributed by atoms with E-state index in [-0.39, 0.29) is 17.2 Å². The van der Waals surface area contributed by atoms with E-state index in [2.05, 4.69) is 22.5 Å². The first-order valence-corrected chi connectivity index (χ1v) is 12.2. The van der Waals surface area contributed by atoms with Gasteiger partial charge in [-0.25, -0.2) is 14.6 Å². The van der Waals surface area contributed by atoms with Crippen molar-refractivity contribution in [3.63, 3.8) is 0 Å². The van der Waals surface area contributed by atoms with Crippen LogP contribution in [0.25, 0.3) is 26.9 Å². The lowest BCUT2D eigenvalue weighted by Crippen LogP contribution is -2.34. The number of amides is 1.